The number of rotatable bonds is 2. The van der Waals surface area contributed by atoms with Crippen LogP contribution in [0.5, 0.6) is 0 Å². The third-order valence-electron chi connectivity index (χ3n) is 3.55. The Morgan fingerprint density at radius 3 is 2.86 bits per heavy atom. The molecular weight excluding hydrogens is 300 g/mol. The average Bonchev–Trinajstić information content (AvgIpc) is 2.53. The Bertz CT molecular complexity index is 918. The number of hydrogen-bond acceptors (Lipinski definition) is 4. The van der Waals surface area contributed by atoms with Crippen LogP contribution in [0.3, 0.4) is 0 Å². The topological polar surface area (TPSA) is 70.7 Å². The molecule has 110 valence electrons. The molecule has 0 saturated carbocycles. The second-order valence-corrected chi connectivity index (χ2v) is 5.33. The highest BCUT2D eigenvalue weighted by molar-refractivity contribution is 6.31. The van der Waals surface area contributed by atoms with Crippen molar-refractivity contribution in [3.63, 3.8) is 0 Å². The predicted molar refractivity (Wildman–Crippen MR) is 87.9 cm³/mol. The van der Waals surface area contributed by atoms with Crippen LogP contribution >= 0.6 is 11.6 Å². The molecular formula is C16H13ClN4O. The van der Waals surface area contributed by atoms with Crippen molar-refractivity contribution >= 4 is 34.0 Å². The predicted octanol–water partition coefficient (Wildman–Crippen LogP) is 3.15. The Morgan fingerprint density at radius 2 is 2.23 bits per heavy atom. The Kier molecular flexibility index (Phi) is 3.70. The lowest BCUT2D eigenvalue weighted by Gasteiger charge is -2.16. The van der Waals surface area contributed by atoms with Crippen LogP contribution < -0.4 is 11.0 Å². The van der Waals surface area contributed by atoms with Crippen molar-refractivity contribution in [2.24, 2.45) is 0 Å². The van der Waals surface area contributed by atoms with Crippen molar-refractivity contribution in [2.45, 2.75) is 12.8 Å². The Hall–Kier alpha value is -2.58. The maximum absolute atomic E-state index is 12.4. The first kappa shape index (κ1) is 14.4. The van der Waals surface area contributed by atoms with Crippen LogP contribution in [0.25, 0.3) is 16.6 Å². The fourth-order valence-corrected chi connectivity index (χ4v) is 2.82. The molecule has 0 bridgehead atoms. The van der Waals surface area contributed by atoms with Gasteiger partial charge in [0.15, 0.2) is 0 Å². The molecule has 0 aliphatic heterocycles. The van der Waals surface area contributed by atoms with Crippen molar-refractivity contribution in [3.05, 3.63) is 51.4 Å². The highest BCUT2D eigenvalue weighted by Crippen LogP contribution is 2.29. The highest BCUT2D eigenvalue weighted by atomic mass is 35.5. The minimum absolute atomic E-state index is 0.379. The van der Waals surface area contributed by atoms with E-state index in [1.54, 1.807) is 19.2 Å². The van der Waals surface area contributed by atoms with Crippen molar-refractivity contribution in [2.75, 3.05) is 12.4 Å². The molecule has 1 N–H and O–H groups in total. The van der Waals surface area contributed by atoms with Crippen molar-refractivity contribution in [1.29, 1.82) is 5.26 Å². The quantitative estimate of drug-likeness (QED) is 0.924. The van der Waals surface area contributed by atoms with E-state index in [0.717, 1.165) is 18.5 Å². The molecule has 1 aliphatic rings. The standard InChI is InChI=1S/C16H13ClN4O/c1-19-15-14-10(9-18)7-11(17)8-13(14)21(16(22)20-15)12-5-3-2-4-6-12/h3,5-8H,2,4H2,1H3,(H,19,20,22). The zero-order valence-corrected chi connectivity index (χ0v) is 12.7. The number of nitrogens with zero attached hydrogens (tertiary/aromatic N) is 3. The van der Waals surface area contributed by atoms with Crippen LogP contribution in [0.15, 0.2) is 35.2 Å². The summed E-state index contributed by atoms with van der Waals surface area (Å²) in [7, 11) is 1.67. The molecule has 1 aromatic carbocycles. The molecule has 2 aromatic rings. The molecule has 3 rings (SSSR count). The van der Waals surface area contributed by atoms with Gasteiger partial charge in [0.1, 0.15) is 11.9 Å². The third kappa shape index (κ3) is 2.28. The van der Waals surface area contributed by atoms with Gasteiger partial charge in [-0.2, -0.15) is 10.2 Å². The van der Waals surface area contributed by atoms with E-state index >= 15 is 0 Å². The number of fused-ring (bicyclic) bond motifs is 1. The van der Waals surface area contributed by atoms with Gasteiger partial charge in [0.25, 0.3) is 0 Å². The van der Waals surface area contributed by atoms with E-state index in [-0.39, 0.29) is 0 Å². The molecule has 0 unspecified atom stereocenters. The third-order valence-corrected chi connectivity index (χ3v) is 3.77. The van der Waals surface area contributed by atoms with Crippen molar-refractivity contribution in [1.82, 2.24) is 9.55 Å². The van der Waals surface area contributed by atoms with Crippen LogP contribution in [0.4, 0.5) is 5.82 Å². The van der Waals surface area contributed by atoms with Crippen LogP contribution in [0.2, 0.25) is 5.02 Å². The molecule has 0 amide bonds. The lowest BCUT2D eigenvalue weighted by Crippen LogP contribution is -2.24. The van der Waals surface area contributed by atoms with Crippen LogP contribution in [0, 0.1) is 11.3 Å². The van der Waals surface area contributed by atoms with E-state index in [1.807, 2.05) is 18.2 Å². The molecule has 0 radical (unpaired) electrons. The maximum atomic E-state index is 12.4. The van der Waals surface area contributed by atoms with E-state index in [0.29, 0.717) is 27.3 Å². The lowest BCUT2D eigenvalue weighted by atomic mass is 10.1. The average molecular weight is 313 g/mol. The van der Waals surface area contributed by atoms with Gasteiger partial charge in [0.05, 0.1) is 16.5 Å². The van der Waals surface area contributed by atoms with Gasteiger partial charge in [-0.05, 0) is 31.1 Å². The molecule has 0 fully saturated rings. The van der Waals surface area contributed by atoms with Gasteiger partial charge < -0.3 is 5.32 Å². The molecule has 5 nitrogen and oxygen atoms in total. The number of nitriles is 1. The molecule has 22 heavy (non-hydrogen) atoms. The normalized spacial score (nSPS) is 13.8. The summed E-state index contributed by atoms with van der Waals surface area (Å²) in [5.41, 5.74) is 1.31. The first-order valence-electron chi connectivity index (χ1n) is 6.87. The summed E-state index contributed by atoms with van der Waals surface area (Å²) in [4.78, 5) is 16.5. The van der Waals surface area contributed by atoms with E-state index in [1.165, 1.54) is 4.57 Å². The summed E-state index contributed by atoms with van der Waals surface area (Å²) < 4.78 is 1.50. The van der Waals surface area contributed by atoms with Crippen molar-refractivity contribution < 1.29 is 0 Å². The van der Waals surface area contributed by atoms with E-state index in [2.05, 4.69) is 16.4 Å². The van der Waals surface area contributed by atoms with Gasteiger partial charge in [-0.1, -0.05) is 23.8 Å². The van der Waals surface area contributed by atoms with E-state index in [4.69, 9.17) is 11.6 Å². The van der Waals surface area contributed by atoms with E-state index < -0.39 is 5.69 Å². The van der Waals surface area contributed by atoms with Gasteiger partial charge >= 0.3 is 5.69 Å². The monoisotopic (exact) mass is 312 g/mol. The lowest BCUT2D eigenvalue weighted by molar-refractivity contribution is 0.953. The molecule has 1 aromatic heterocycles. The summed E-state index contributed by atoms with van der Waals surface area (Å²) in [5.74, 6) is 0.379. The largest absolute Gasteiger partial charge is 0.372 e. The van der Waals surface area contributed by atoms with Gasteiger partial charge in [-0.25, -0.2) is 4.79 Å². The van der Waals surface area contributed by atoms with Crippen LogP contribution in [0.1, 0.15) is 18.4 Å². The number of allylic oxidation sites excluding steroid dienone is 4. The van der Waals surface area contributed by atoms with Crippen molar-refractivity contribution in [3.8, 4) is 6.07 Å². The summed E-state index contributed by atoms with van der Waals surface area (Å²) in [6.07, 6.45) is 7.68. The van der Waals surface area contributed by atoms with Gasteiger partial charge in [0.2, 0.25) is 0 Å². The fraction of sp³-hybridized carbons (Fsp3) is 0.188. The second kappa shape index (κ2) is 5.66. The first-order valence-corrected chi connectivity index (χ1v) is 7.24. The first-order chi connectivity index (χ1) is 10.7. The number of halogens is 1. The fourth-order valence-electron chi connectivity index (χ4n) is 2.61. The number of hydrogen-bond donors (Lipinski definition) is 1. The van der Waals surface area contributed by atoms with Crippen LogP contribution in [-0.2, 0) is 0 Å². The molecule has 1 aliphatic carbocycles. The number of anilines is 1. The summed E-state index contributed by atoms with van der Waals surface area (Å²) in [6.45, 7) is 0. The highest BCUT2D eigenvalue weighted by Gasteiger charge is 2.16. The Morgan fingerprint density at radius 1 is 1.41 bits per heavy atom. The van der Waals surface area contributed by atoms with Gasteiger partial charge in [0, 0.05) is 17.8 Å². The minimum atomic E-state index is -0.402. The van der Waals surface area contributed by atoms with Crippen LogP contribution in [-0.4, -0.2) is 16.6 Å². The Balaban J connectivity index is 2.48. The zero-order chi connectivity index (χ0) is 15.7. The summed E-state index contributed by atoms with van der Waals surface area (Å²) in [5, 5.41) is 13.2. The number of benzene rings is 1. The maximum Gasteiger partial charge on any atom is 0.354 e. The SMILES string of the molecule is CNc1nc(=O)n(C2=CCCC=C2)c2cc(Cl)cc(C#N)c12. The number of aromatic nitrogens is 2. The van der Waals surface area contributed by atoms with E-state index in [9.17, 15) is 10.1 Å². The molecule has 0 spiro atoms. The molecule has 1 heterocycles. The molecule has 0 atom stereocenters. The Labute approximate surface area is 132 Å². The number of nitrogens with one attached hydrogen (secondary N) is 1. The smallest absolute Gasteiger partial charge is 0.354 e. The zero-order valence-electron chi connectivity index (χ0n) is 11.9. The van der Waals surface area contributed by atoms with Gasteiger partial charge in [-0.3, -0.25) is 4.57 Å². The molecule has 6 heteroatoms. The minimum Gasteiger partial charge on any atom is -0.372 e. The summed E-state index contributed by atoms with van der Waals surface area (Å²) >= 11 is 6.12. The summed E-state index contributed by atoms with van der Waals surface area (Å²) in [6, 6.07) is 5.38. The molecule has 0 saturated heterocycles. The second-order valence-electron chi connectivity index (χ2n) is 4.90. The van der Waals surface area contributed by atoms with Gasteiger partial charge in [-0.15, -0.1) is 0 Å².